The van der Waals surface area contributed by atoms with Gasteiger partial charge in [0, 0.05) is 6.61 Å². The van der Waals surface area contributed by atoms with E-state index in [0.717, 1.165) is 69.1 Å². The van der Waals surface area contributed by atoms with Gasteiger partial charge in [-0.15, -0.1) is 0 Å². The Morgan fingerprint density at radius 2 is 1.77 bits per heavy atom. The Kier molecular flexibility index (Phi) is 6.48. The number of aliphatic hydroxyl groups is 3. The summed E-state index contributed by atoms with van der Waals surface area (Å²) >= 11 is 0. The Morgan fingerprint density at radius 3 is 2.53 bits per heavy atom. The van der Waals surface area contributed by atoms with E-state index in [-0.39, 0.29) is 18.1 Å². The van der Waals surface area contributed by atoms with E-state index in [1.54, 1.807) is 5.57 Å². The minimum Gasteiger partial charge on any atom is -0.396 e. The summed E-state index contributed by atoms with van der Waals surface area (Å²) in [6.07, 6.45) is 16.7. The molecular formula is C27H46O3. The molecule has 3 saturated carbocycles. The average Bonchev–Trinajstić information content (AvgIpc) is 3.06. The van der Waals surface area contributed by atoms with Crippen LogP contribution in [0.4, 0.5) is 0 Å². The van der Waals surface area contributed by atoms with E-state index in [1.807, 2.05) is 0 Å². The maximum Gasteiger partial charge on any atom is 0.0653 e. The lowest BCUT2D eigenvalue weighted by atomic mass is 9.46. The number of fused-ring (bicyclic) bond motifs is 5. The minimum absolute atomic E-state index is 0.127. The van der Waals surface area contributed by atoms with E-state index in [9.17, 15) is 10.2 Å². The van der Waals surface area contributed by atoms with E-state index < -0.39 is 5.60 Å². The van der Waals surface area contributed by atoms with Crippen molar-refractivity contribution < 1.29 is 15.3 Å². The standard InChI is InChI=1S/C27H46O3/c1-25-15-12-20(29)18-19(25)8-9-21-22-10-11-24(26(22,2)16-13-23(21)25)27(3,30)14-6-4-5-7-17-28/h8,20-24,28-30H,4-7,9-18H2,1-3H3/t20-,21-,22-,23-,24?,25-,26-,27?/m0/s1. The predicted molar refractivity (Wildman–Crippen MR) is 122 cm³/mol. The lowest BCUT2D eigenvalue weighted by molar-refractivity contribution is -0.105. The van der Waals surface area contributed by atoms with E-state index in [0.29, 0.717) is 11.3 Å². The molecule has 0 aromatic carbocycles. The quantitative estimate of drug-likeness (QED) is 0.371. The van der Waals surface area contributed by atoms with Crippen LogP contribution in [0.2, 0.25) is 0 Å². The predicted octanol–water partition coefficient (Wildman–Crippen LogP) is 5.62. The second-order valence-electron chi connectivity index (χ2n) is 12.1. The minimum atomic E-state index is -0.565. The molecule has 4 aliphatic carbocycles. The van der Waals surface area contributed by atoms with Crippen molar-refractivity contribution in [3.63, 3.8) is 0 Å². The summed E-state index contributed by atoms with van der Waals surface area (Å²) in [6, 6.07) is 0. The van der Waals surface area contributed by atoms with Crippen LogP contribution in [0, 0.1) is 34.5 Å². The zero-order valence-electron chi connectivity index (χ0n) is 19.7. The van der Waals surface area contributed by atoms with Gasteiger partial charge in [0.2, 0.25) is 0 Å². The Balaban J connectivity index is 1.47. The van der Waals surface area contributed by atoms with Crippen molar-refractivity contribution in [1.82, 2.24) is 0 Å². The Labute approximate surface area is 184 Å². The molecule has 3 N–H and O–H groups in total. The fraction of sp³-hybridized carbons (Fsp3) is 0.926. The monoisotopic (exact) mass is 418 g/mol. The molecule has 0 spiro atoms. The van der Waals surface area contributed by atoms with Crippen LogP contribution >= 0.6 is 0 Å². The molecule has 3 heteroatoms. The van der Waals surface area contributed by atoms with Gasteiger partial charge in [-0.2, -0.15) is 0 Å². The lowest BCUT2D eigenvalue weighted by Crippen LogP contribution is -2.53. The highest BCUT2D eigenvalue weighted by Gasteiger charge is 2.61. The molecule has 4 rings (SSSR count). The Morgan fingerprint density at radius 1 is 1.00 bits per heavy atom. The smallest absolute Gasteiger partial charge is 0.0653 e. The van der Waals surface area contributed by atoms with Gasteiger partial charge < -0.3 is 15.3 Å². The first kappa shape index (κ1) is 22.8. The fourth-order valence-electron chi connectivity index (χ4n) is 8.79. The Hall–Kier alpha value is -0.380. The van der Waals surface area contributed by atoms with Gasteiger partial charge in [0.15, 0.2) is 0 Å². The molecule has 0 aliphatic heterocycles. The van der Waals surface area contributed by atoms with Gasteiger partial charge >= 0.3 is 0 Å². The molecule has 30 heavy (non-hydrogen) atoms. The van der Waals surface area contributed by atoms with Gasteiger partial charge in [-0.1, -0.05) is 44.8 Å². The molecule has 4 aliphatic rings. The van der Waals surface area contributed by atoms with Crippen LogP contribution in [0.15, 0.2) is 11.6 Å². The van der Waals surface area contributed by atoms with Gasteiger partial charge in [0.05, 0.1) is 11.7 Å². The first-order chi connectivity index (χ1) is 14.2. The van der Waals surface area contributed by atoms with Crippen LogP contribution in [-0.2, 0) is 0 Å². The average molecular weight is 419 g/mol. The molecule has 0 saturated heterocycles. The second kappa shape index (κ2) is 8.52. The van der Waals surface area contributed by atoms with Crippen molar-refractivity contribution in [3.8, 4) is 0 Å². The third-order valence-corrected chi connectivity index (χ3v) is 10.4. The summed E-state index contributed by atoms with van der Waals surface area (Å²) < 4.78 is 0. The second-order valence-corrected chi connectivity index (χ2v) is 12.1. The SMILES string of the molecule is CC(O)(CCCCCCO)C1CC[C@H]2[C@@H]3CC=C4C[C@@H](O)CC[C@]4(C)[C@H]3CC[C@]12C. The van der Waals surface area contributed by atoms with Gasteiger partial charge in [0.25, 0.3) is 0 Å². The highest BCUT2D eigenvalue weighted by molar-refractivity contribution is 5.25. The topological polar surface area (TPSA) is 60.7 Å². The highest BCUT2D eigenvalue weighted by atomic mass is 16.3. The molecule has 0 heterocycles. The number of rotatable bonds is 7. The van der Waals surface area contributed by atoms with Gasteiger partial charge in [-0.25, -0.2) is 0 Å². The van der Waals surface area contributed by atoms with E-state index in [2.05, 4.69) is 26.8 Å². The summed E-state index contributed by atoms with van der Waals surface area (Å²) in [5.74, 6) is 2.69. The molecule has 0 aromatic heterocycles. The first-order valence-corrected chi connectivity index (χ1v) is 12.9. The maximum absolute atomic E-state index is 11.5. The highest BCUT2D eigenvalue weighted by Crippen LogP contribution is 2.67. The van der Waals surface area contributed by atoms with Crippen molar-refractivity contribution in [2.45, 2.75) is 116 Å². The molecule has 2 unspecified atom stereocenters. The van der Waals surface area contributed by atoms with E-state index in [4.69, 9.17) is 5.11 Å². The van der Waals surface area contributed by atoms with Gasteiger partial charge in [-0.3, -0.25) is 0 Å². The number of allylic oxidation sites excluding steroid dienone is 1. The van der Waals surface area contributed by atoms with E-state index >= 15 is 0 Å². The molecule has 0 radical (unpaired) electrons. The maximum atomic E-state index is 11.5. The molecule has 8 atom stereocenters. The number of unbranched alkanes of at least 4 members (excludes halogenated alkanes) is 3. The zero-order valence-corrected chi connectivity index (χ0v) is 19.7. The Bertz CT molecular complexity index is 640. The van der Waals surface area contributed by atoms with Gasteiger partial charge in [0.1, 0.15) is 0 Å². The van der Waals surface area contributed by atoms with Gasteiger partial charge in [-0.05, 0) is 106 Å². The van der Waals surface area contributed by atoms with Crippen LogP contribution < -0.4 is 0 Å². The first-order valence-electron chi connectivity index (χ1n) is 12.9. The van der Waals surface area contributed by atoms with Crippen LogP contribution in [0.25, 0.3) is 0 Å². The molecular weight excluding hydrogens is 372 g/mol. The molecule has 0 amide bonds. The molecule has 3 fully saturated rings. The molecule has 3 nitrogen and oxygen atoms in total. The van der Waals surface area contributed by atoms with Crippen molar-refractivity contribution in [2.24, 2.45) is 34.5 Å². The largest absolute Gasteiger partial charge is 0.396 e. The third-order valence-electron chi connectivity index (χ3n) is 10.4. The summed E-state index contributed by atoms with van der Waals surface area (Å²) in [5, 5.41) is 30.8. The third kappa shape index (κ3) is 3.82. The molecule has 172 valence electrons. The lowest BCUT2D eigenvalue weighted by Gasteiger charge is -2.59. The van der Waals surface area contributed by atoms with Crippen LogP contribution in [0.1, 0.15) is 104 Å². The molecule has 0 aromatic rings. The van der Waals surface area contributed by atoms with Crippen LogP contribution in [-0.4, -0.2) is 33.6 Å². The summed E-state index contributed by atoms with van der Waals surface area (Å²) in [6.45, 7) is 7.42. The van der Waals surface area contributed by atoms with E-state index in [1.165, 1.54) is 32.1 Å². The summed E-state index contributed by atoms with van der Waals surface area (Å²) in [5.41, 5.74) is 1.56. The number of hydrogen-bond donors (Lipinski definition) is 3. The fourth-order valence-corrected chi connectivity index (χ4v) is 8.79. The number of aliphatic hydroxyl groups excluding tert-OH is 2. The van der Waals surface area contributed by atoms with Crippen LogP contribution in [0.5, 0.6) is 0 Å². The van der Waals surface area contributed by atoms with Crippen molar-refractivity contribution in [2.75, 3.05) is 6.61 Å². The normalized spacial score (nSPS) is 45.1. The van der Waals surface area contributed by atoms with Crippen molar-refractivity contribution in [3.05, 3.63) is 11.6 Å². The summed E-state index contributed by atoms with van der Waals surface area (Å²) in [4.78, 5) is 0. The van der Waals surface area contributed by atoms with Crippen LogP contribution in [0.3, 0.4) is 0 Å². The number of hydrogen-bond acceptors (Lipinski definition) is 3. The molecule has 0 bridgehead atoms. The zero-order chi connectivity index (χ0) is 21.6. The van der Waals surface area contributed by atoms with Crippen molar-refractivity contribution in [1.29, 1.82) is 0 Å². The van der Waals surface area contributed by atoms with Crippen molar-refractivity contribution >= 4 is 0 Å². The summed E-state index contributed by atoms with van der Waals surface area (Å²) in [7, 11) is 0.